The number of phenolic OH excluding ortho intramolecular Hbond substituents is 1. The number of fused-ring (bicyclic) bond motifs is 2. The van der Waals surface area contributed by atoms with Crippen LogP contribution in [-0.2, 0) is 16.0 Å². The van der Waals surface area contributed by atoms with Gasteiger partial charge in [0.25, 0.3) is 0 Å². The van der Waals surface area contributed by atoms with E-state index in [4.69, 9.17) is 9.47 Å². The summed E-state index contributed by atoms with van der Waals surface area (Å²) in [7, 11) is 1.52. The highest BCUT2D eigenvalue weighted by atomic mass is 16.5. The van der Waals surface area contributed by atoms with E-state index >= 15 is 0 Å². The number of methoxy groups -OCH3 is 1. The third kappa shape index (κ3) is 5.45. The Morgan fingerprint density at radius 2 is 2.07 bits per heavy atom. The van der Waals surface area contributed by atoms with E-state index in [-0.39, 0.29) is 23.6 Å². The lowest BCUT2D eigenvalue weighted by molar-refractivity contribution is -0.151. The Kier molecular flexibility index (Phi) is 7.08. The van der Waals surface area contributed by atoms with Gasteiger partial charge in [-0.3, -0.25) is 4.79 Å². The van der Waals surface area contributed by atoms with Gasteiger partial charge in [0.1, 0.15) is 6.10 Å². The molecule has 0 aliphatic heterocycles. The highest BCUT2D eigenvalue weighted by Crippen LogP contribution is 2.38. The number of benzene rings is 1. The van der Waals surface area contributed by atoms with E-state index in [0.29, 0.717) is 36.8 Å². The van der Waals surface area contributed by atoms with Crippen LogP contribution in [-0.4, -0.2) is 35.5 Å². The van der Waals surface area contributed by atoms with Crippen molar-refractivity contribution < 1.29 is 24.5 Å². The van der Waals surface area contributed by atoms with E-state index < -0.39 is 12.2 Å². The van der Waals surface area contributed by atoms with Gasteiger partial charge < -0.3 is 19.7 Å². The zero-order valence-corrected chi connectivity index (χ0v) is 17.6. The summed E-state index contributed by atoms with van der Waals surface area (Å²) in [6.07, 6.45) is 3.76. The lowest BCUT2D eigenvalue weighted by atomic mass is 9.71. The standard InChI is InChI=1S/C24H32O5/c1-15-7-9-19-13-18(15)5-4-6-20(23(14-22(19)27)29-16(2)25)11-17-8-10-21(26)24(12-17)28-3/h8,10,12,15,18-20,22-23,26-27H,6-7,9,11,13-14H2,1-3H3. The minimum absolute atomic E-state index is 0.0376. The molecule has 29 heavy (non-hydrogen) atoms. The molecule has 2 aliphatic rings. The molecule has 1 aromatic carbocycles. The van der Waals surface area contributed by atoms with Gasteiger partial charge in [0, 0.05) is 31.6 Å². The molecule has 1 fully saturated rings. The summed E-state index contributed by atoms with van der Waals surface area (Å²) in [6.45, 7) is 3.66. The first-order chi connectivity index (χ1) is 13.9. The Balaban J connectivity index is 1.88. The monoisotopic (exact) mass is 400 g/mol. The fraction of sp³-hybridized carbons (Fsp3) is 0.625. The zero-order valence-electron chi connectivity index (χ0n) is 17.6. The first-order valence-electron chi connectivity index (χ1n) is 10.6. The van der Waals surface area contributed by atoms with Crippen molar-refractivity contribution in [2.24, 2.45) is 23.7 Å². The van der Waals surface area contributed by atoms with Crippen molar-refractivity contribution in [1.82, 2.24) is 0 Å². The van der Waals surface area contributed by atoms with Crippen LogP contribution in [0, 0.1) is 35.5 Å². The molecule has 5 heteroatoms. The van der Waals surface area contributed by atoms with Gasteiger partial charge in [0.2, 0.25) is 0 Å². The predicted molar refractivity (Wildman–Crippen MR) is 110 cm³/mol. The summed E-state index contributed by atoms with van der Waals surface area (Å²) < 4.78 is 10.9. The Morgan fingerprint density at radius 3 is 2.79 bits per heavy atom. The number of phenols is 1. The van der Waals surface area contributed by atoms with E-state index in [9.17, 15) is 15.0 Å². The zero-order chi connectivity index (χ0) is 21.0. The van der Waals surface area contributed by atoms with Crippen LogP contribution in [0.1, 0.15) is 51.5 Å². The van der Waals surface area contributed by atoms with Gasteiger partial charge in [-0.05, 0) is 55.2 Å². The lowest BCUT2D eigenvalue weighted by Gasteiger charge is -2.37. The van der Waals surface area contributed by atoms with Gasteiger partial charge in [-0.15, -0.1) is 5.92 Å². The lowest BCUT2D eigenvalue weighted by Crippen LogP contribution is -2.37. The molecule has 3 rings (SSSR count). The average molecular weight is 401 g/mol. The Morgan fingerprint density at radius 1 is 1.28 bits per heavy atom. The van der Waals surface area contributed by atoms with Gasteiger partial charge >= 0.3 is 5.97 Å². The SMILES string of the molecule is COc1cc(CC2CC#CC3CC(CCC3C)C(O)CC2OC(C)=O)ccc1O. The van der Waals surface area contributed by atoms with Crippen molar-refractivity contribution in [2.45, 2.75) is 64.6 Å². The molecule has 6 atom stereocenters. The van der Waals surface area contributed by atoms with E-state index in [0.717, 1.165) is 24.8 Å². The van der Waals surface area contributed by atoms with E-state index in [1.54, 1.807) is 12.1 Å². The first-order valence-corrected chi connectivity index (χ1v) is 10.6. The van der Waals surface area contributed by atoms with Crippen molar-refractivity contribution in [1.29, 1.82) is 0 Å². The first kappa shape index (κ1) is 21.5. The molecule has 0 radical (unpaired) electrons. The smallest absolute Gasteiger partial charge is 0.302 e. The van der Waals surface area contributed by atoms with Gasteiger partial charge in [0.15, 0.2) is 11.5 Å². The molecule has 0 saturated heterocycles. The van der Waals surface area contributed by atoms with Crippen LogP contribution in [0.5, 0.6) is 11.5 Å². The maximum atomic E-state index is 11.8. The summed E-state index contributed by atoms with van der Waals surface area (Å²) in [4.78, 5) is 11.8. The van der Waals surface area contributed by atoms with Crippen LogP contribution in [0.25, 0.3) is 0 Å². The fourth-order valence-corrected chi connectivity index (χ4v) is 4.69. The third-order valence-electron chi connectivity index (χ3n) is 6.49. The molecule has 0 heterocycles. The second-order valence-electron chi connectivity index (χ2n) is 8.60. The molecule has 2 aliphatic carbocycles. The number of aromatic hydroxyl groups is 1. The Bertz CT molecular complexity index is 777. The van der Waals surface area contributed by atoms with Crippen LogP contribution < -0.4 is 4.74 Å². The molecular weight excluding hydrogens is 368 g/mol. The molecule has 2 bridgehead atoms. The van der Waals surface area contributed by atoms with Crippen molar-refractivity contribution in [3.8, 4) is 23.3 Å². The number of aliphatic hydroxyl groups excluding tert-OH is 1. The van der Waals surface area contributed by atoms with Crippen molar-refractivity contribution >= 4 is 5.97 Å². The maximum Gasteiger partial charge on any atom is 0.302 e. The van der Waals surface area contributed by atoms with Gasteiger partial charge in [-0.1, -0.05) is 18.9 Å². The van der Waals surface area contributed by atoms with Crippen molar-refractivity contribution in [2.75, 3.05) is 7.11 Å². The van der Waals surface area contributed by atoms with E-state index in [1.165, 1.54) is 14.0 Å². The summed E-state index contributed by atoms with van der Waals surface area (Å²) >= 11 is 0. The number of ether oxygens (including phenoxy) is 2. The minimum atomic E-state index is -0.494. The third-order valence-corrected chi connectivity index (χ3v) is 6.49. The fourth-order valence-electron chi connectivity index (χ4n) is 4.69. The normalized spacial score (nSPS) is 31.9. The Labute approximate surface area is 173 Å². The van der Waals surface area contributed by atoms with E-state index in [1.807, 2.05) is 6.07 Å². The molecule has 1 aromatic rings. The number of hydrogen-bond donors (Lipinski definition) is 2. The van der Waals surface area contributed by atoms with Crippen LogP contribution >= 0.6 is 0 Å². The second-order valence-corrected chi connectivity index (χ2v) is 8.60. The molecule has 1 saturated carbocycles. The number of hydrogen-bond acceptors (Lipinski definition) is 5. The number of aliphatic hydroxyl groups is 1. The minimum Gasteiger partial charge on any atom is -0.504 e. The van der Waals surface area contributed by atoms with E-state index in [2.05, 4.69) is 18.8 Å². The van der Waals surface area contributed by atoms with Gasteiger partial charge in [0.05, 0.1) is 13.2 Å². The quantitative estimate of drug-likeness (QED) is 0.595. The largest absolute Gasteiger partial charge is 0.504 e. The van der Waals surface area contributed by atoms with Crippen LogP contribution in [0.3, 0.4) is 0 Å². The van der Waals surface area contributed by atoms with Crippen molar-refractivity contribution in [3.05, 3.63) is 23.8 Å². The summed E-state index contributed by atoms with van der Waals surface area (Å²) in [5.41, 5.74) is 0.976. The molecular formula is C24H32O5. The highest BCUT2D eigenvalue weighted by molar-refractivity contribution is 5.66. The summed E-state index contributed by atoms with van der Waals surface area (Å²) in [5, 5.41) is 20.8. The average Bonchev–Trinajstić information content (AvgIpc) is 2.68. The van der Waals surface area contributed by atoms with Gasteiger partial charge in [-0.2, -0.15) is 0 Å². The molecule has 6 unspecified atom stereocenters. The Hall–Kier alpha value is -2.19. The topological polar surface area (TPSA) is 76.0 Å². The number of esters is 1. The highest BCUT2D eigenvalue weighted by Gasteiger charge is 2.35. The van der Waals surface area contributed by atoms with Crippen LogP contribution in [0.2, 0.25) is 0 Å². The summed E-state index contributed by atoms with van der Waals surface area (Å²) in [5.74, 6) is 8.03. The molecule has 2 N–H and O–H groups in total. The van der Waals surface area contributed by atoms with Crippen molar-refractivity contribution in [3.63, 3.8) is 0 Å². The van der Waals surface area contributed by atoms with Crippen LogP contribution in [0.15, 0.2) is 18.2 Å². The molecule has 0 aromatic heterocycles. The molecule has 158 valence electrons. The molecule has 0 amide bonds. The summed E-state index contributed by atoms with van der Waals surface area (Å²) in [6, 6.07) is 5.27. The molecule has 0 spiro atoms. The predicted octanol–water partition coefficient (Wildman–Crippen LogP) is 3.70. The number of carbonyl (C=O) groups excluding carboxylic acids is 1. The number of rotatable bonds is 4. The number of carbonyl (C=O) groups is 1. The maximum absolute atomic E-state index is 11.8. The second kappa shape index (κ2) is 9.54. The molecule has 5 nitrogen and oxygen atoms in total. The van der Waals surface area contributed by atoms with Gasteiger partial charge in [-0.25, -0.2) is 0 Å². The van der Waals surface area contributed by atoms with Crippen LogP contribution in [0.4, 0.5) is 0 Å².